The predicted molar refractivity (Wildman–Crippen MR) is 66.7 cm³/mol. The highest BCUT2D eigenvalue weighted by Gasteiger charge is 2.36. The maximum absolute atomic E-state index is 13.9. The average Bonchev–Trinajstić information content (AvgIpc) is 2.34. The smallest absolute Gasteiger partial charge is 0.221 e. The summed E-state index contributed by atoms with van der Waals surface area (Å²) in [5, 5.41) is 0. The van der Waals surface area contributed by atoms with Crippen molar-refractivity contribution in [3.63, 3.8) is 0 Å². The zero-order valence-corrected chi connectivity index (χ0v) is 11.0. The number of rotatable bonds is 4. The van der Waals surface area contributed by atoms with Gasteiger partial charge in [0, 0.05) is 5.41 Å². The first kappa shape index (κ1) is 14.4. The van der Waals surface area contributed by atoms with Crippen LogP contribution in [0.25, 0.3) is 0 Å². The number of alkyl halides is 1. The number of halogens is 1. The Morgan fingerprint density at radius 3 is 2.28 bits per heavy atom. The molecule has 0 N–H and O–H groups in total. The van der Waals surface area contributed by atoms with Gasteiger partial charge in [-0.1, -0.05) is 32.9 Å². The summed E-state index contributed by atoms with van der Waals surface area (Å²) in [7, 11) is 1.39. The van der Waals surface area contributed by atoms with E-state index in [4.69, 9.17) is 4.74 Å². The fourth-order valence-electron chi connectivity index (χ4n) is 1.48. The van der Waals surface area contributed by atoms with Gasteiger partial charge in [0.2, 0.25) is 12.0 Å². The first-order valence-corrected chi connectivity index (χ1v) is 5.64. The molecule has 0 aromatic heterocycles. The third kappa shape index (κ3) is 2.94. The van der Waals surface area contributed by atoms with Crippen molar-refractivity contribution >= 4 is 11.6 Å². The number of hydrogen-bond acceptors (Lipinski definition) is 3. The monoisotopic (exact) mass is 252 g/mol. The SMILES string of the molecule is COc1ccccc1C(=O)C(F)C(=O)C(C)(C)C. The van der Waals surface area contributed by atoms with Crippen LogP contribution in [-0.2, 0) is 4.79 Å². The molecule has 1 aromatic carbocycles. The second-order valence-electron chi connectivity index (χ2n) is 5.04. The summed E-state index contributed by atoms with van der Waals surface area (Å²) in [5.41, 5.74) is -0.804. The Balaban J connectivity index is 3.04. The minimum Gasteiger partial charge on any atom is -0.496 e. The molecule has 4 heteroatoms. The molecule has 0 radical (unpaired) electrons. The Bertz CT molecular complexity index is 460. The summed E-state index contributed by atoms with van der Waals surface area (Å²) >= 11 is 0. The molecule has 0 spiro atoms. The number of para-hydroxylation sites is 1. The quantitative estimate of drug-likeness (QED) is 0.611. The zero-order valence-electron chi connectivity index (χ0n) is 11.0. The molecule has 98 valence electrons. The van der Waals surface area contributed by atoms with Crippen LogP contribution in [-0.4, -0.2) is 24.8 Å². The lowest BCUT2D eigenvalue weighted by Crippen LogP contribution is -2.35. The van der Waals surface area contributed by atoms with E-state index in [1.807, 2.05) is 0 Å². The maximum Gasteiger partial charge on any atom is 0.221 e. The molecule has 0 saturated carbocycles. The van der Waals surface area contributed by atoms with Crippen LogP contribution in [0.3, 0.4) is 0 Å². The maximum atomic E-state index is 13.9. The van der Waals surface area contributed by atoms with Crippen molar-refractivity contribution in [3.8, 4) is 5.75 Å². The third-order valence-corrected chi connectivity index (χ3v) is 2.57. The fourth-order valence-corrected chi connectivity index (χ4v) is 1.48. The molecular formula is C14H17FO3. The summed E-state index contributed by atoms with van der Waals surface area (Å²) in [6.45, 7) is 4.74. The van der Waals surface area contributed by atoms with Gasteiger partial charge >= 0.3 is 0 Å². The molecule has 0 aliphatic rings. The Morgan fingerprint density at radius 1 is 1.22 bits per heavy atom. The minimum absolute atomic E-state index is 0.0881. The molecule has 0 bridgehead atoms. The van der Waals surface area contributed by atoms with Crippen molar-refractivity contribution in [2.45, 2.75) is 26.9 Å². The van der Waals surface area contributed by atoms with Crippen molar-refractivity contribution in [2.24, 2.45) is 5.41 Å². The highest BCUT2D eigenvalue weighted by Crippen LogP contribution is 2.24. The highest BCUT2D eigenvalue weighted by molar-refractivity contribution is 6.15. The van der Waals surface area contributed by atoms with Gasteiger partial charge in [0.05, 0.1) is 12.7 Å². The van der Waals surface area contributed by atoms with E-state index in [0.29, 0.717) is 0 Å². The van der Waals surface area contributed by atoms with E-state index in [0.717, 1.165) is 0 Å². The van der Waals surface area contributed by atoms with Crippen LogP contribution in [0.1, 0.15) is 31.1 Å². The van der Waals surface area contributed by atoms with E-state index in [9.17, 15) is 14.0 Å². The van der Waals surface area contributed by atoms with Crippen LogP contribution < -0.4 is 4.74 Å². The Kier molecular flexibility index (Phi) is 4.22. The second-order valence-corrected chi connectivity index (χ2v) is 5.04. The van der Waals surface area contributed by atoms with Gasteiger partial charge < -0.3 is 4.74 Å². The molecule has 1 rings (SSSR count). The summed E-state index contributed by atoms with van der Waals surface area (Å²) < 4.78 is 18.9. The van der Waals surface area contributed by atoms with Crippen molar-refractivity contribution in [2.75, 3.05) is 7.11 Å². The van der Waals surface area contributed by atoms with Crippen LogP contribution in [0.15, 0.2) is 24.3 Å². The Morgan fingerprint density at radius 2 is 1.78 bits per heavy atom. The first-order chi connectivity index (χ1) is 8.29. The van der Waals surface area contributed by atoms with Crippen LogP contribution >= 0.6 is 0 Å². The van der Waals surface area contributed by atoms with Crippen LogP contribution in [0, 0.1) is 5.41 Å². The summed E-state index contributed by atoms with van der Waals surface area (Å²) in [6, 6.07) is 6.28. The molecule has 3 nitrogen and oxygen atoms in total. The minimum atomic E-state index is -2.15. The van der Waals surface area contributed by atoms with Gasteiger partial charge in [-0.25, -0.2) is 4.39 Å². The molecule has 1 aromatic rings. The van der Waals surface area contributed by atoms with Gasteiger partial charge in [0.25, 0.3) is 0 Å². The molecule has 1 unspecified atom stereocenters. The lowest BCUT2D eigenvalue weighted by Gasteiger charge is -2.19. The van der Waals surface area contributed by atoms with E-state index in [1.54, 1.807) is 39.0 Å². The van der Waals surface area contributed by atoms with E-state index in [1.165, 1.54) is 13.2 Å². The van der Waals surface area contributed by atoms with Gasteiger partial charge in [0.15, 0.2) is 5.78 Å². The topological polar surface area (TPSA) is 43.4 Å². The molecule has 0 heterocycles. The van der Waals surface area contributed by atoms with Crippen molar-refractivity contribution in [1.29, 1.82) is 0 Å². The van der Waals surface area contributed by atoms with Gasteiger partial charge in [-0.15, -0.1) is 0 Å². The van der Waals surface area contributed by atoms with Crippen molar-refractivity contribution < 1.29 is 18.7 Å². The second kappa shape index (κ2) is 5.29. The van der Waals surface area contributed by atoms with Gasteiger partial charge in [0.1, 0.15) is 5.75 Å². The van der Waals surface area contributed by atoms with E-state index >= 15 is 0 Å². The molecular weight excluding hydrogens is 235 g/mol. The highest BCUT2D eigenvalue weighted by atomic mass is 19.1. The van der Waals surface area contributed by atoms with Crippen molar-refractivity contribution in [1.82, 2.24) is 0 Å². The summed E-state index contributed by atoms with van der Waals surface area (Å²) in [4.78, 5) is 23.7. The van der Waals surface area contributed by atoms with Crippen LogP contribution in [0.4, 0.5) is 4.39 Å². The average molecular weight is 252 g/mol. The number of ketones is 2. The molecule has 0 amide bonds. The fraction of sp³-hybridized carbons (Fsp3) is 0.429. The summed E-state index contributed by atoms with van der Waals surface area (Å²) in [5.74, 6) is -1.31. The number of methoxy groups -OCH3 is 1. The number of benzene rings is 1. The van der Waals surface area contributed by atoms with Gasteiger partial charge in [-0.3, -0.25) is 9.59 Å². The predicted octanol–water partition coefficient (Wildman–Crippen LogP) is 2.83. The number of carbonyl (C=O) groups excluding carboxylic acids is 2. The normalized spacial score (nSPS) is 12.9. The number of ether oxygens (including phenoxy) is 1. The lowest BCUT2D eigenvalue weighted by atomic mass is 9.86. The molecule has 1 atom stereocenters. The van der Waals surface area contributed by atoms with Crippen molar-refractivity contribution in [3.05, 3.63) is 29.8 Å². The van der Waals surface area contributed by atoms with Crippen LogP contribution in [0.5, 0.6) is 5.75 Å². The van der Waals surface area contributed by atoms with Crippen LogP contribution in [0.2, 0.25) is 0 Å². The largest absolute Gasteiger partial charge is 0.496 e. The third-order valence-electron chi connectivity index (χ3n) is 2.57. The van der Waals surface area contributed by atoms with E-state index in [-0.39, 0.29) is 11.3 Å². The summed E-state index contributed by atoms with van der Waals surface area (Å²) in [6.07, 6.45) is -2.15. The standard InChI is InChI=1S/C14H17FO3/c1-14(2,3)13(17)11(15)12(16)9-7-5-6-8-10(9)18-4/h5-8,11H,1-4H3. The van der Waals surface area contributed by atoms with E-state index in [2.05, 4.69) is 0 Å². The Hall–Kier alpha value is -1.71. The zero-order chi connectivity index (χ0) is 13.9. The van der Waals surface area contributed by atoms with Gasteiger partial charge in [-0.05, 0) is 12.1 Å². The molecule has 0 saturated heterocycles. The molecule has 18 heavy (non-hydrogen) atoms. The lowest BCUT2D eigenvalue weighted by molar-refractivity contribution is -0.129. The Labute approximate surface area is 106 Å². The molecule has 0 fully saturated rings. The van der Waals surface area contributed by atoms with E-state index < -0.39 is 23.2 Å². The molecule has 0 aliphatic heterocycles. The molecule has 0 aliphatic carbocycles. The number of Topliss-reactive ketones (excluding diaryl/α,β-unsaturated/α-hetero) is 2. The number of carbonyl (C=O) groups is 2. The van der Waals surface area contributed by atoms with Gasteiger partial charge in [-0.2, -0.15) is 0 Å². The first-order valence-electron chi connectivity index (χ1n) is 5.64. The number of hydrogen-bond donors (Lipinski definition) is 0.